The Labute approximate surface area is 110 Å². The molecule has 1 heterocycles. The molecule has 0 saturated carbocycles. The molecule has 0 bridgehead atoms. The number of anilines is 1. The van der Waals surface area contributed by atoms with Crippen LogP contribution in [-0.2, 0) is 4.79 Å². The van der Waals surface area contributed by atoms with Crippen molar-refractivity contribution in [3.05, 3.63) is 33.9 Å². The van der Waals surface area contributed by atoms with E-state index in [1.807, 2.05) is 11.8 Å². The molecule has 6 nitrogen and oxygen atoms in total. The van der Waals surface area contributed by atoms with E-state index in [1.165, 1.54) is 6.07 Å². The molecule has 1 aromatic carbocycles. The van der Waals surface area contributed by atoms with Gasteiger partial charge in [0, 0.05) is 30.4 Å². The van der Waals surface area contributed by atoms with Crippen LogP contribution in [-0.4, -0.2) is 29.1 Å². The molecule has 1 aliphatic rings. The molecule has 0 aliphatic carbocycles. The van der Waals surface area contributed by atoms with Crippen molar-refractivity contribution in [3.63, 3.8) is 0 Å². The maximum atomic E-state index is 11.1. The monoisotopic (exact) mass is 264 g/mol. The van der Waals surface area contributed by atoms with Crippen molar-refractivity contribution in [2.24, 2.45) is 11.8 Å². The molecule has 1 fully saturated rings. The molecule has 102 valence electrons. The third-order valence-corrected chi connectivity index (χ3v) is 3.68. The standard InChI is InChI=1S/C13H16N2O4/c1-8-3-4-10(5-12(8)15(18)19)14-6-9(2)11(7-14)13(16)17/h3-5,9,11H,6-7H2,1-2H3,(H,16,17). The molecule has 1 aromatic rings. The molecule has 2 atom stereocenters. The Morgan fingerprint density at radius 2 is 2.16 bits per heavy atom. The molecule has 0 radical (unpaired) electrons. The van der Waals surface area contributed by atoms with E-state index in [4.69, 9.17) is 5.11 Å². The summed E-state index contributed by atoms with van der Waals surface area (Å²) in [5, 5.41) is 20.0. The van der Waals surface area contributed by atoms with E-state index in [0.717, 1.165) is 0 Å². The van der Waals surface area contributed by atoms with E-state index in [2.05, 4.69) is 0 Å². The fourth-order valence-electron chi connectivity index (χ4n) is 2.49. The zero-order chi connectivity index (χ0) is 14.2. The molecule has 0 spiro atoms. The summed E-state index contributed by atoms with van der Waals surface area (Å²) in [7, 11) is 0. The molecule has 6 heteroatoms. The van der Waals surface area contributed by atoms with Gasteiger partial charge >= 0.3 is 5.97 Å². The number of nitro groups is 1. The van der Waals surface area contributed by atoms with E-state index >= 15 is 0 Å². The molecule has 0 amide bonds. The maximum absolute atomic E-state index is 11.1. The van der Waals surface area contributed by atoms with Crippen LogP contribution in [0.1, 0.15) is 12.5 Å². The lowest BCUT2D eigenvalue weighted by atomic mass is 9.99. The Morgan fingerprint density at radius 1 is 1.47 bits per heavy atom. The molecule has 2 rings (SSSR count). The van der Waals surface area contributed by atoms with Gasteiger partial charge in [-0.3, -0.25) is 14.9 Å². The number of benzene rings is 1. The van der Waals surface area contributed by atoms with E-state index in [1.54, 1.807) is 19.1 Å². The summed E-state index contributed by atoms with van der Waals surface area (Å²) >= 11 is 0. The average Bonchev–Trinajstić information content (AvgIpc) is 2.71. The lowest BCUT2D eigenvalue weighted by Crippen LogP contribution is -2.23. The Balaban J connectivity index is 2.27. The highest BCUT2D eigenvalue weighted by molar-refractivity contribution is 5.73. The van der Waals surface area contributed by atoms with E-state index in [0.29, 0.717) is 24.3 Å². The molecule has 1 aliphatic heterocycles. The van der Waals surface area contributed by atoms with Crippen molar-refractivity contribution in [1.29, 1.82) is 0 Å². The molecule has 1 saturated heterocycles. The van der Waals surface area contributed by atoms with Crippen molar-refractivity contribution < 1.29 is 14.8 Å². The largest absolute Gasteiger partial charge is 0.481 e. The lowest BCUT2D eigenvalue weighted by Gasteiger charge is -2.18. The third-order valence-electron chi connectivity index (χ3n) is 3.68. The maximum Gasteiger partial charge on any atom is 0.308 e. The Hall–Kier alpha value is -2.11. The molecule has 1 N–H and O–H groups in total. The number of carboxylic acid groups (broad SMARTS) is 1. The van der Waals surface area contributed by atoms with Crippen molar-refractivity contribution >= 4 is 17.3 Å². The van der Waals surface area contributed by atoms with Crippen molar-refractivity contribution in [1.82, 2.24) is 0 Å². The van der Waals surface area contributed by atoms with Crippen LogP contribution in [0.4, 0.5) is 11.4 Å². The van der Waals surface area contributed by atoms with Crippen molar-refractivity contribution in [2.45, 2.75) is 13.8 Å². The third kappa shape index (κ3) is 2.52. The van der Waals surface area contributed by atoms with Gasteiger partial charge in [-0.25, -0.2) is 0 Å². The summed E-state index contributed by atoms with van der Waals surface area (Å²) in [6.07, 6.45) is 0. The highest BCUT2D eigenvalue weighted by Crippen LogP contribution is 2.31. The van der Waals surface area contributed by atoms with Gasteiger partial charge in [-0.2, -0.15) is 0 Å². The van der Waals surface area contributed by atoms with E-state index < -0.39 is 16.8 Å². The van der Waals surface area contributed by atoms with Crippen molar-refractivity contribution in [2.75, 3.05) is 18.0 Å². The normalized spacial score (nSPS) is 22.5. The molecular formula is C13H16N2O4. The molecule has 2 unspecified atom stereocenters. The minimum absolute atomic E-state index is 0.0397. The first-order chi connectivity index (χ1) is 8.90. The van der Waals surface area contributed by atoms with Gasteiger partial charge in [0.1, 0.15) is 0 Å². The fraction of sp³-hybridized carbons (Fsp3) is 0.462. The second-order valence-electron chi connectivity index (χ2n) is 5.05. The summed E-state index contributed by atoms with van der Waals surface area (Å²) in [4.78, 5) is 23.5. The fourth-order valence-corrected chi connectivity index (χ4v) is 2.49. The average molecular weight is 264 g/mol. The van der Waals surface area contributed by atoms with Crippen LogP contribution in [0.3, 0.4) is 0 Å². The number of aliphatic carboxylic acids is 1. The minimum Gasteiger partial charge on any atom is -0.481 e. The first kappa shape index (κ1) is 13.3. The van der Waals surface area contributed by atoms with Crippen LogP contribution < -0.4 is 4.90 Å². The van der Waals surface area contributed by atoms with Crippen LogP contribution in [0.25, 0.3) is 0 Å². The zero-order valence-corrected chi connectivity index (χ0v) is 10.9. The number of hydrogen-bond donors (Lipinski definition) is 1. The van der Waals surface area contributed by atoms with Gasteiger partial charge in [-0.05, 0) is 18.9 Å². The quantitative estimate of drug-likeness (QED) is 0.667. The van der Waals surface area contributed by atoms with Crippen LogP contribution in [0.2, 0.25) is 0 Å². The Kier molecular flexibility index (Phi) is 3.42. The van der Waals surface area contributed by atoms with Crippen molar-refractivity contribution in [3.8, 4) is 0 Å². The van der Waals surface area contributed by atoms with Crippen LogP contribution in [0.15, 0.2) is 18.2 Å². The molecule has 0 aromatic heterocycles. The summed E-state index contributed by atoms with van der Waals surface area (Å²) in [6.45, 7) is 4.59. The van der Waals surface area contributed by atoms with Gasteiger partial charge in [0.15, 0.2) is 0 Å². The van der Waals surface area contributed by atoms with Gasteiger partial charge in [-0.15, -0.1) is 0 Å². The summed E-state index contributed by atoms with van der Waals surface area (Å²) in [6, 6.07) is 5.03. The second-order valence-corrected chi connectivity index (χ2v) is 5.05. The number of aryl methyl sites for hydroxylation is 1. The number of nitro benzene ring substituents is 1. The first-order valence-electron chi connectivity index (χ1n) is 6.13. The van der Waals surface area contributed by atoms with Crippen LogP contribution >= 0.6 is 0 Å². The Morgan fingerprint density at radius 3 is 2.68 bits per heavy atom. The van der Waals surface area contributed by atoms with Gasteiger partial charge in [0.25, 0.3) is 5.69 Å². The predicted octanol–water partition coefficient (Wildman–Crippen LogP) is 2.06. The zero-order valence-electron chi connectivity index (χ0n) is 10.9. The highest BCUT2D eigenvalue weighted by atomic mass is 16.6. The topological polar surface area (TPSA) is 83.7 Å². The number of nitrogens with zero attached hydrogens (tertiary/aromatic N) is 2. The summed E-state index contributed by atoms with van der Waals surface area (Å²) < 4.78 is 0. The number of carboxylic acids is 1. The Bertz CT molecular complexity index is 529. The number of rotatable bonds is 3. The predicted molar refractivity (Wildman–Crippen MR) is 70.3 cm³/mol. The number of carbonyl (C=O) groups is 1. The van der Waals surface area contributed by atoms with Gasteiger partial charge in [-0.1, -0.05) is 13.0 Å². The highest BCUT2D eigenvalue weighted by Gasteiger charge is 2.35. The van der Waals surface area contributed by atoms with Gasteiger partial charge in [0.2, 0.25) is 0 Å². The lowest BCUT2D eigenvalue weighted by molar-refractivity contribution is -0.385. The van der Waals surface area contributed by atoms with Gasteiger partial charge in [0.05, 0.1) is 10.8 Å². The summed E-state index contributed by atoms with van der Waals surface area (Å²) in [5.41, 5.74) is 1.40. The van der Waals surface area contributed by atoms with Crippen LogP contribution in [0.5, 0.6) is 0 Å². The number of hydrogen-bond acceptors (Lipinski definition) is 4. The van der Waals surface area contributed by atoms with E-state index in [-0.39, 0.29) is 11.6 Å². The summed E-state index contributed by atoms with van der Waals surface area (Å²) in [5.74, 6) is -1.19. The second kappa shape index (κ2) is 4.87. The first-order valence-corrected chi connectivity index (χ1v) is 6.13. The molecular weight excluding hydrogens is 248 g/mol. The van der Waals surface area contributed by atoms with Crippen LogP contribution in [0, 0.1) is 28.9 Å². The van der Waals surface area contributed by atoms with Gasteiger partial charge < -0.3 is 10.0 Å². The molecule has 19 heavy (non-hydrogen) atoms. The SMILES string of the molecule is Cc1ccc(N2CC(C)C(C(=O)O)C2)cc1[N+](=O)[O-]. The minimum atomic E-state index is -0.809. The van der Waals surface area contributed by atoms with E-state index in [9.17, 15) is 14.9 Å². The smallest absolute Gasteiger partial charge is 0.308 e.